The Bertz CT molecular complexity index is 713. The van der Waals surface area contributed by atoms with Gasteiger partial charge in [0, 0.05) is 16.6 Å². The zero-order chi connectivity index (χ0) is 19.9. The molecular weight excluding hydrogens is 374 g/mol. The summed E-state index contributed by atoms with van der Waals surface area (Å²) in [7, 11) is 0. The fourth-order valence-corrected chi connectivity index (χ4v) is 6.18. The van der Waals surface area contributed by atoms with Crippen molar-refractivity contribution in [1.82, 2.24) is 16.0 Å². The molecule has 4 saturated carbocycles. The van der Waals surface area contributed by atoms with E-state index in [2.05, 4.69) is 16.0 Å². The number of imide groups is 1. The monoisotopic (exact) mass is 403 g/mol. The van der Waals surface area contributed by atoms with Gasteiger partial charge in [0.1, 0.15) is 0 Å². The maximum Gasteiger partial charge on any atom is 0.321 e. The van der Waals surface area contributed by atoms with Gasteiger partial charge in [0.15, 0.2) is 0 Å². The van der Waals surface area contributed by atoms with Crippen molar-refractivity contribution in [2.75, 3.05) is 0 Å². The van der Waals surface area contributed by atoms with Crippen LogP contribution in [-0.2, 0) is 4.79 Å². The molecule has 3 N–H and O–H groups in total. The average molecular weight is 404 g/mol. The summed E-state index contributed by atoms with van der Waals surface area (Å²) in [4.78, 5) is 25.1. The van der Waals surface area contributed by atoms with Crippen LogP contribution in [0.5, 0.6) is 0 Å². The van der Waals surface area contributed by atoms with Crippen LogP contribution in [0.15, 0.2) is 24.3 Å². The highest BCUT2D eigenvalue weighted by molar-refractivity contribution is 6.30. The van der Waals surface area contributed by atoms with Crippen molar-refractivity contribution in [3.05, 3.63) is 34.9 Å². The van der Waals surface area contributed by atoms with Gasteiger partial charge in [-0.2, -0.15) is 0 Å². The molecule has 6 heteroatoms. The largest absolute Gasteiger partial charge is 0.332 e. The molecule has 4 aliphatic carbocycles. The molecule has 5 nitrogen and oxygen atoms in total. The third-order valence-electron chi connectivity index (χ3n) is 6.92. The molecule has 0 saturated heterocycles. The minimum absolute atomic E-state index is 0.0239. The van der Waals surface area contributed by atoms with E-state index in [9.17, 15) is 9.59 Å². The predicted octanol–water partition coefficient (Wildman–Crippen LogP) is 4.17. The second kappa shape index (κ2) is 7.68. The molecule has 0 radical (unpaired) electrons. The smallest absolute Gasteiger partial charge is 0.321 e. The van der Waals surface area contributed by atoms with Crippen LogP contribution in [0.1, 0.15) is 64.0 Å². The van der Waals surface area contributed by atoms with Crippen LogP contribution >= 0.6 is 11.6 Å². The van der Waals surface area contributed by atoms with Crippen molar-refractivity contribution in [2.24, 2.45) is 17.8 Å². The fraction of sp³-hybridized carbons (Fsp3) is 0.636. The minimum atomic E-state index is -0.479. The molecule has 0 spiro atoms. The number of hydrogen-bond donors (Lipinski definition) is 3. The van der Waals surface area contributed by atoms with Gasteiger partial charge < -0.3 is 5.32 Å². The topological polar surface area (TPSA) is 70.2 Å². The molecule has 4 bridgehead atoms. The first kappa shape index (κ1) is 19.7. The Balaban J connectivity index is 1.29. The van der Waals surface area contributed by atoms with Crippen molar-refractivity contribution in [3.8, 4) is 0 Å². The first-order chi connectivity index (χ1) is 13.3. The van der Waals surface area contributed by atoms with Crippen molar-refractivity contribution in [3.63, 3.8) is 0 Å². The summed E-state index contributed by atoms with van der Waals surface area (Å²) >= 11 is 5.93. The second-order valence-electron chi connectivity index (χ2n) is 9.30. The number of benzene rings is 1. The van der Waals surface area contributed by atoms with Crippen LogP contribution < -0.4 is 16.0 Å². The number of carbonyl (C=O) groups is 2. The van der Waals surface area contributed by atoms with E-state index < -0.39 is 6.04 Å². The van der Waals surface area contributed by atoms with Crippen molar-refractivity contribution in [1.29, 1.82) is 0 Å². The lowest BCUT2D eigenvalue weighted by Crippen LogP contribution is -2.62. The van der Waals surface area contributed by atoms with E-state index in [4.69, 9.17) is 11.6 Å². The second-order valence-corrected chi connectivity index (χ2v) is 9.74. The van der Waals surface area contributed by atoms with Crippen LogP contribution in [0.3, 0.4) is 0 Å². The molecule has 1 aromatic carbocycles. The van der Waals surface area contributed by atoms with Crippen LogP contribution in [0.2, 0.25) is 5.02 Å². The third kappa shape index (κ3) is 4.20. The Kier molecular flexibility index (Phi) is 5.41. The number of urea groups is 1. The predicted molar refractivity (Wildman–Crippen MR) is 110 cm³/mol. The molecule has 1 aromatic rings. The number of amides is 3. The lowest BCUT2D eigenvalue weighted by Gasteiger charge is -2.56. The SMILES string of the molecule is C[C@H](N[C@H](C)c1ccc(Cl)cc1)C(=O)NC(=O)NC12CC3CC(CC(C3)C1)C2. The minimum Gasteiger partial charge on any atom is -0.332 e. The summed E-state index contributed by atoms with van der Waals surface area (Å²) in [5.74, 6) is 1.96. The Labute approximate surface area is 172 Å². The Morgan fingerprint density at radius 3 is 2.07 bits per heavy atom. The molecule has 5 rings (SSSR count). The maximum atomic E-state index is 12.6. The van der Waals surface area contributed by atoms with E-state index in [1.54, 1.807) is 6.92 Å². The Morgan fingerprint density at radius 1 is 1.00 bits per heavy atom. The highest BCUT2D eigenvalue weighted by Crippen LogP contribution is 2.55. The van der Waals surface area contributed by atoms with Gasteiger partial charge in [-0.3, -0.25) is 15.4 Å². The molecule has 2 atom stereocenters. The zero-order valence-corrected chi connectivity index (χ0v) is 17.4. The number of hydrogen-bond acceptors (Lipinski definition) is 3. The van der Waals surface area contributed by atoms with Crippen LogP contribution in [0, 0.1) is 17.8 Å². The molecule has 0 unspecified atom stereocenters. The van der Waals surface area contributed by atoms with Gasteiger partial charge in [0.25, 0.3) is 0 Å². The molecule has 4 fully saturated rings. The summed E-state index contributed by atoms with van der Waals surface area (Å²) < 4.78 is 0. The van der Waals surface area contributed by atoms with Gasteiger partial charge in [0.2, 0.25) is 5.91 Å². The van der Waals surface area contributed by atoms with Gasteiger partial charge in [-0.1, -0.05) is 23.7 Å². The number of carbonyl (C=O) groups excluding carboxylic acids is 2. The quantitative estimate of drug-likeness (QED) is 0.690. The normalized spacial score (nSPS) is 32.6. The molecule has 28 heavy (non-hydrogen) atoms. The van der Waals surface area contributed by atoms with Gasteiger partial charge in [0.05, 0.1) is 6.04 Å². The van der Waals surface area contributed by atoms with Crippen LogP contribution in [0.25, 0.3) is 0 Å². The first-order valence-corrected chi connectivity index (χ1v) is 10.8. The lowest BCUT2D eigenvalue weighted by atomic mass is 9.53. The number of nitrogens with one attached hydrogen (secondary N) is 3. The van der Waals surface area contributed by atoms with Crippen LogP contribution in [0.4, 0.5) is 4.79 Å². The van der Waals surface area contributed by atoms with Gasteiger partial charge in [-0.05, 0) is 87.8 Å². The summed E-state index contributed by atoms with van der Waals surface area (Å²) in [6, 6.07) is 6.68. The average Bonchev–Trinajstić information content (AvgIpc) is 2.60. The molecule has 152 valence electrons. The fourth-order valence-electron chi connectivity index (χ4n) is 6.05. The van der Waals surface area contributed by atoms with Crippen molar-refractivity contribution in [2.45, 2.75) is 70.0 Å². The number of rotatable bonds is 5. The summed E-state index contributed by atoms with van der Waals surface area (Å²) in [5, 5.41) is 9.66. The number of halogens is 1. The van der Waals surface area contributed by atoms with Crippen molar-refractivity contribution < 1.29 is 9.59 Å². The van der Waals surface area contributed by atoms with Crippen molar-refractivity contribution >= 4 is 23.5 Å². The van der Waals surface area contributed by atoms with E-state index in [0.717, 1.165) is 42.6 Å². The van der Waals surface area contributed by atoms with E-state index in [-0.39, 0.29) is 23.5 Å². The van der Waals surface area contributed by atoms with Gasteiger partial charge >= 0.3 is 6.03 Å². The molecule has 0 aromatic heterocycles. The summed E-state index contributed by atoms with van der Waals surface area (Å²) in [5.41, 5.74) is 0.953. The Hall–Kier alpha value is -1.59. The van der Waals surface area contributed by atoms with Crippen LogP contribution in [-0.4, -0.2) is 23.5 Å². The zero-order valence-electron chi connectivity index (χ0n) is 16.6. The van der Waals surface area contributed by atoms with E-state index in [1.807, 2.05) is 31.2 Å². The summed E-state index contributed by atoms with van der Waals surface area (Å²) in [6.45, 7) is 3.77. The molecule has 4 aliphatic rings. The molecular formula is C22H30ClN3O2. The standard InChI is InChI=1S/C22H30ClN3O2/c1-13(18-3-5-19(23)6-4-18)24-14(2)20(27)25-21(28)26-22-10-15-7-16(11-22)9-17(8-15)12-22/h3-6,13-17,24H,7-12H2,1-2H3,(H2,25,26,27,28)/t13-,14+,15?,16?,17?,22?/m1/s1. The third-order valence-corrected chi connectivity index (χ3v) is 7.17. The highest BCUT2D eigenvalue weighted by atomic mass is 35.5. The van der Waals surface area contributed by atoms with E-state index in [1.165, 1.54) is 19.3 Å². The first-order valence-electron chi connectivity index (χ1n) is 10.5. The van der Waals surface area contributed by atoms with Gasteiger partial charge in [-0.25, -0.2) is 4.79 Å². The lowest BCUT2D eigenvalue weighted by molar-refractivity contribution is -0.121. The van der Waals surface area contributed by atoms with E-state index >= 15 is 0 Å². The highest BCUT2D eigenvalue weighted by Gasteiger charge is 2.51. The van der Waals surface area contributed by atoms with Gasteiger partial charge in [-0.15, -0.1) is 0 Å². The maximum absolute atomic E-state index is 12.6. The van der Waals surface area contributed by atoms with E-state index in [0.29, 0.717) is 5.02 Å². The summed E-state index contributed by atoms with van der Waals surface area (Å²) in [6.07, 6.45) is 7.19. The molecule has 0 aliphatic heterocycles. The molecule has 3 amide bonds. The molecule has 0 heterocycles. The Morgan fingerprint density at radius 2 is 1.54 bits per heavy atom.